The van der Waals surface area contributed by atoms with Crippen molar-refractivity contribution in [3.05, 3.63) is 22.8 Å². The number of ether oxygens (including phenoxy) is 1. The lowest BCUT2D eigenvalue weighted by Gasteiger charge is -2.13. The molecule has 0 spiro atoms. The molecule has 4 heteroatoms. The second-order valence-corrected chi connectivity index (χ2v) is 4.42. The number of carbonyl (C=O) groups excluding carboxylic acids is 1. The Labute approximate surface area is 99.7 Å². The summed E-state index contributed by atoms with van der Waals surface area (Å²) >= 11 is 0. The minimum Gasteiger partial charge on any atom is -0.491 e. The average Bonchev–Trinajstić information content (AvgIpc) is 2.96. The molecule has 0 saturated heterocycles. The summed E-state index contributed by atoms with van der Waals surface area (Å²) < 4.78 is 5.62. The average molecular weight is 230 g/mol. The second-order valence-electron chi connectivity index (χ2n) is 4.42. The van der Waals surface area contributed by atoms with Gasteiger partial charge < -0.3 is 10.1 Å². The van der Waals surface area contributed by atoms with Crippen LogP contribution in [-0.2, 0) is 19.3 Å². The summed E-state index contributed by atoms with van der Waals surface area (Å²) in [5.41, 5.74) is 4.58. The standard InChI is InChI=1S/C13H14N2O2/c1-14-13(16)15-11-10-4-2-3-8(10)7-9-5-6-17-12(9)11/h7H,1-6H2,(H,15,16). The molecule has 88 valence electrons. The molecule has 1 aromatic carbocycles. The Morgan fingerprint density at radius 1 is 1.35 bits per heavy atom. The summed E-state index contributed by atoms with van der Waals surface area (Å²) in [4.78, 5) is 14.8. The molecule has 1 heterocycles. The van der Waals surface area contributed by atoms with Crippen LogP contribution in [0.2, 0.25) is 0 Å². The van der Waals surface area contributed by atoms with Gasteiger partial charge >= 0.3 is 6.03 Å². The van der Waals surface area contributed by atoms with E-state index in [1.54, 1.807) is 0 Å². The molecular weight excluding hydrogens is 216 g/mol. The van der Waals surface area contributed by atoms with Crippen molar-refractivity contribution >= 4 is 18.4 Å². The molecule has 1 aliphatic heterocycles. The molecule has 0 fully saturated rings. The summed E-state index contributed by atoms with van der Waals surface area (Å²) in [5, 5.41) is 2.80. The van der Waals surface area contributed by atoms with Crippen LogP contribution in [0.4, 0.5) is 10.5 Å². The van der Waals surface area contributed by atoms with Crippen LogP contribution >= 0.6 is 0 Å². The van der Waals surface area contributed by atoms with E-state index in [2.05, 4.69) is 23.1 Å². The maximum Gasteiger partial charge on any atom is 0.344 e. The Kier molecular flexibility index (Phi) is 2.35. The number of benzene rings is 1. The zero-order valence-corrected chi connectivity index (χ0v) is 9.58. The van der Waals surface area contributed by atoms with Crippen LogP contribution < -0.4 is 10.1 Å². The zero-order valence-electron chi connectivity index (χ0n) is 9.58. The minimum absolute atomic E-state index is 0.414. The van der Waals surface area contributed by atoms with Crippen LogP contribution in [0.25, 0.3) is 0 Å². The van der Waals surface area contributed by atoms with E-state index in [0.717, 1.165) is 37.1 Å². The van der Waals surface area contributed by atoms with Crippen LogP contribution in [0.3, 0.4) is 0 Å². The molecule has 3 rings (SSSR count). The van der Waals surface area contributed by atoms with E-state index in [1.807, 2.05) is 0 Å². The van der Waals surface area contributed by atoms with Gasteiger partial charge in [0.05, 0.1) is 12.3 Å². The summed E-state index contributed by atoms with van der Waals surface area (Å²) in [5.74, 6) is 0.836. The Bertz CT molecular complexity index is 476. The van der Waals surface area contributed by atoms with Crippen LogP contribution in [-0.4, -0.2) is 19.4 Å². The Morgan fingerprint density at radius 3 is 3.06 bits per heavy atom. The summed E-state index contributed by atoms with van der Waals surface area (Å²) in [7, 11) is 0. The first-order valence-corrected chi connectivity index (χ1v) is 5.87. The smallest absolute Gasteiger partial charge is 0.344 e. The molecule has 0 saturated carbocycles. The van der Waals surface area contributed by atoms with E-state index in [9.17, 15) is 4.79 Å². The highest BCUT2D eigenvalue weighted by atomic mass is 16.5. The summed E-state index contributed by atoms with van der Waals surface area (Å²) in [6, 6.07) is 1.81. The monoisotopic (exact) mass is 230 g/mol. The number of aliphatic imine (C=N–C) groups is 1. The van der Waals surface area contributed by atoms with Crippen molar-refractivity contribution < 1.29 is 9.53 Å². The van der Waals surface area contributed by atoms with E-state index in [0.29, 0.717) is 6.61 Å². The SMILES string of the molecule is C=NC(=O)Nc1c2c(cc3c1OCC3)CCC2. The summed E-state index contributed by atoms with van der Waals surface area (Å²) in [6.45, 7) is 3.94. The van der Waals surface area contributed by atoms with Crippen molar-refractivity contribution in [2.45, 2.75) is 25.7 Å². The highest BCUT2D eigenvalue weighted by Crippen LogP contribution is 2.42. The lowest BCUT2D eigenvalue weighted by molar-refractivity contribution is 0.259. The van der Waals surface area contributed by atoms with Gasteiger partial charge in [-0.15, -0.1) is 0 Å². The van der Waals surface area contributed by atoms with Gasteiger partial charge in [-0.1, -0.05) is 6.07 Å². The largest absolute Gasteiger partial charge is 0.491 e. The number of rotatable bonds is 1. The van der Waals surface area contributed by atoms with Crippen molar-refractivity contribution in [1.82, 2.24) is 0 Å². The van der Waals surface area contributed by atoms with Gasteiger partial charge in [-0.2, -0.15) is 0 Å². The second kappa shape index (κ2) is 3.87. The van der Waals surface area contributed by atoms with E-state index in [1.165, 1.54) is 16.7 Å². The number of urea groups is 1. The number of hydrogen-bond donors (Lipinski definition) is 1. The van der Waals surface area contributed by atoms with Crippen molar-refractivity contribution in [3.63, 3.8) is 0 Å². The lowest BCUT2D eigenvalue weighted by atomic mass is 10.0. The molecular formula is C13H14N2O2. The number of aryl methyl sites for hydroxylation is 1. The molecule has 2 aliphatic rings. The molecule has 0 unspecified atom stereocenters. The fourth-order valence-electron chi connectivity index (χ4n) is 2.68. The van der Waals surface area contributed by atoms with Gasteiger partial charge in [0.15, 0.2) is 0 Å². The van der Waals surface area contributed by atoms with Crippen molar-refractivity contribution in [1.29, 1.82) is 0 Å². The van der Waals surface area contributed by atoms with E-state index >= 15 is 0 Å². The predicted octanol–water partition coefficient (Wildman–Crippen LogP) is 2.34. The van der Waals surface area contributed by atoms with Gasteiger partial charge in [0.25, 0.3) is 0 Å². The molecule has 0 atom stereocenters. The third-order valence-electron chi connectivity index (χ3n) is 3.42. The molecule has 0 aromatic heterocycles. The molecule has 0 radical (unpaired) electrons. The third kappa shape index (κ3) is 1.60. The number of anilines is 1. The number of nitrogens with one attached hydrogen (secondary N) is 1. The zero-order chi connectivity index (χ0) is 11.8. The fraction of sp³-hybridized carbons (Fsp3) is 0.385. The Hall–Kier alpha value is -1.84. The molecule has 4 nitrogen and oxygen atoms in total. The molecule has 17 heavy (non-hydrogen) atoms. The predicted molar refractivity (Wildman–Crippen MR) is 66.2 cm³/mol. The lowest BCUT2D eigenvalue weighted by Crippen LogP contribution is -2.09. The highest BCUT2D eigenvalue weighted by Gasteiger charge is 2.26. The van der Waals surface area contributed by atoms with Gasteiger partial charge in [0.1, 0.15) is 5.75 Å². The van der Waals surface area contributed by atoms with Gasteiger partial charge in [0, 0.05) is 6.42 Å². The van der Waals surface area contributed by atoms with E-state index in [4.69, 9.17) is 4.74 Å². The maximum atomic E-state index is 11.4. The topological polar surface area (TPSA) is 50.7 Å². The molecule has 2 amide bonds. The van der Waals surface area contributed by atoms with Crippen LogP contribution in [0.15, 0.2) is 11.1 Å². The van der Waals surface area contributed by atoms with Gasteiger partial charge in [-0.05, 0) is 42.7 Å². The van der Waals surface area contributed by atoms with Crippen molar-refractivity contribution in [2.24, 2.45) is 4.99 Å². The molecule has 1 N–H and O–H groups in total. The minimum atomic E-state index is -0.414. The van der Waals surface area contributed by atoms with E-state index in [-0.39, 0.29) is 0 Å². The van der Waals surface area contributed by atoms with Crippen molar-refractivity contribution in [2.75, 3.05) is 11.9 Å². The van der Waals surface area contributed by atoms with Crippen molar-refractivity contribution in [3.8, 4) is 5.75 Å². The first kappa shape index (κ1) is 10.3. The maximum absolute atomic E-state index is 11.4. The Morgan fingerprint density at radius 2 is 2.24 bits per heavy atom. The first-order valence-electron chi connectivity index (χ1n) is 5.87. The number of hydrogen-bond acceptors (Lipinski definition) is 2. The molecule has 1 aliphatic carbocycles. The normalized spacial score (nSPS) is 16.0. The Balaban J connectivity index is 2.11. The van der Waals surface area contributed by atoms with Crippen LogP contribution in [0.1, 0.15) is 23.1 Å². The first-order chi connectivity index (χ1) is 8.29. The number of amides is 2. The van der Waals surface area contributed by atoms with Gasteiger partial charge in [0.2, 0.25) is 0 Å². The van der Waals surface area contributed by atoms with Gasteiger partial charge in [-0.25, -0.2) is 9.79 Å². The van der Waals surface area contributed by atoms with Crippen LogP contribution in [0.5, 0.6) is 5.75 Å². The van der Waals surface area contributed by atoms with E-state index < -0.39 is 6.03 Å². The molecule has 1 aromatic rings. The number of fused-ring (bicyclic) bond motifs is 2. The van der Waals surface area contributed by atoms with Crippen LogP contribution in [0, 0.1) is 0 Å². The molecule has 0 bridgehead atoms. The highest BCUT2D eigenvalue weighted by molar-refractivity contribution is 5.95. The number of nitrogens with zero attached hydrogens (tertiary/aromatic N) is 1. The van der Waals surface area contributed by atoms with Gasteiger partial charge in [-0.3, -0.25) is 0 Å². The third-order valence-corrected chi connectivity index (χ3v) is 3.42. The quantitative estimate of drug-likeness (QED) is 0.753. The summed E-state index contributed by atoms with van der Waals surface area (Å²) in [6.07, 6.45) is 4.15. The number of carbonyl (C=O) groups is 1. The fourth-order valence-corrected chi connectivity index (χ4v) is 2.68.